The van der Waals surface area contributed by atoms with Gasteiger partial charge in [-0.15, -0.1) is 0 Å². The summed E-state index contributed by atoms with van der Waals surface area (Å²) in [7, 11) is 1.36. The molecule has 10 heteroatoms. The van der Waals surface area contributed by atoms with Crippen LogP contribution < -0.4 is 15.4 Å². The van der Waals surface area contributed by atoms with Crippen LogP contribution in [0.25, 0.3) is 0 Å². The number of anilines is 1. The molecule has 2 fully saturated rings. The molecule has 1 heterocycles. The first-order valence-corrected chi connectivity index (χ1v) is 10.0. The molecule has 1 aromatic carbocycles. The van der Waals surface area contributed by atoms with Gasteiger partial charge in [0.2, 0.25) is 11.8 Å². The minimum absolute atomic E-state index is 0.0275. The number of amidine groups is 1. The van der Waals surface area contributed by atoms with Crippen molar-refractivity contribution in [1.29, 1.82) is 0 Å². The molecule has 28 heavy (non-hydrogen) atoms. The highest BCUT2D eigenvalue weighted by molar-refractivity contribution is 8.15. The van der Waals surface area contributed by atoms with Crippen LogP contribution in [0.2, 0.25) is 0 Å². The molecule has 1 saturated carbocycles. The van der Waals surface area contributed by atoms with Crippen LogP contribution in [0.3, 0.4) is 0 Å². The molecule has 1 atom stereocenters. The highest BCUT2D eigenvalue weighted by atomic mass is 32.2. The number of nitro benzene ring substituents is 1. The van der Waals surface area contributed by atoms with Crippen LogP contribution in [-0.4, -0.2) is 40.3 Å². The van der Waals surface area contributed by atoms with Crippen molar-refractivity contribution in [3.8, 4) is 5.75 Å². The Kier molecular flexibility index (Phi) is 6.50. The molecule has 2 N–H and O–H groups in total. The van der Waals surface area contributed by atoms with Gasteiger partial charge in [-0.25, -0.2) is 0 Å². The highest BCUT2D eigenvalue weighted by Gasteiger charge is 2.33. The number of nitrogens with zero attached hydrogens (tertiary/aromatic N) is 2. The van der Waals surface area contributed by atoms with E-state index in [0.29, 0.717) is 10.9 Å². The molecule has 1 unspecified atom stereocenters. The average molecular weight is 406 g/mol. The second-order valence-electron chi connectivity index (χ2n) is 6.72. The van der Waals surface area contributed by atoms with Crippen LogP contribution in [0.4, 0.5) is 11.4 Å². The number of amides is 2. The number of hydrogen-bond acceptors (Lipinski definition) is 7. The maximum absolute atomic E-state index is 12.4. The fourth-order valence-electron chi connectivity index (χ4n) is 3.24. The number of benzene rings is 1. The molecule has 9 nitrogen and oxygen atoms in total. The third kappa shape index (κ3) is 5.00. The lowest BCUT2D eigenvalue weighted by Crippen LogP contribution is -2.28. The maximum atomic E-state index is 12.4. The quantitative estimate of drug-likeness (QED) is 0.553. The van der Waals surface area contributed by atoms with Crippen molar-refractivity contribution in [3.05, 3.63) is 28.3 Å². The predicted octanol–water partition coefficient (Wildman–Crippen LogP) is 2.85. The van der Waals surface area contributed by atoms with E-state index < -0.39 is 10.2 Å². The van der Waals surface area contributed by atoms with Gasteiger partial charge in [-0.3, -0.25) is 24.7 Å². The predicted molar refractivity (Wildman–Crippen MR) is 107 cm³/mol. The summed E-state index contributed by atoms with van der Waals surface area (Å²) in [6.07, 6.45) is 5.58. The van der Waals surface area contributed by atoms with E-state index in [1.165, 1.54) is 43.5 Å². The van der Waals surface area contributed by atoms with E-state index in [4.69, 9.17) is 4.74 Å². The van der Waals surface area contributed by atoms with Gasteiger partial charge >= 0.3 is 0 Å². The van der Waals surface area contributed by atoms with E-state index in [9.17, 15) is 19.7 Å². The van der Waals surface area contributed by atoms with E-state index in [1.807, 2.05) is 0 Å². The van der Waals surface area contributed by atoms with Gasteiger partial charge < -0.3 is 15.4 Å². The zero-order valence-electron chi connectivity index (χ0n) is 15.5. The molecule has 2 aliphatic rings. The minimum Gasteiger partial charge on any atom is -0.494 e. The number of nitro groups is 1. The van der Waals surface area contributed by atoms with Crippen molar-refractivity contribution in [3.63, 3.8) is 0 Å². The molecule has 0 radical (unpaired) electrons. The van der Waals surface area contributed by atoms with Crippen LogP contribution in [0, 0.1) is 10.1 Å². The Morgan fingerprint density at radius 1 is 1.39 bits per heavy atom. The monoisotopic (exact) mass is 406 g/mol. The molecular formula is C18H22N4O5S. The van der Waals surface area contributed by atoms with Crippen LogP contribution in [0.15, 0.2) is 23.2 Å². The second-order valence-corrected chi connectivity index (χ2v) is 7.91. The van der Waals surface area contributed by atoms with E-state index in [-0.39, 0.29) is 35.7 Å². The van der Waals surface area contributed by atoms with Gasteiger partial charge in [0.1, 0.15) is 11.0 Å². The Hall–Kier alpha value is -2.62. The number of hydrogen-bond donors (Lipinski definition) is 2. The Balaban J connectivity index is 1.59. The molecule has 1 saturated heterocycles. The zero-order chi connectivity index (χ0) is 20.1. The number of carbonyl (C=O) groups is 2. The number of non-ortho nitro benzene ring substituents is 1. The molecule has 1 aliphatic carbocycles. The van der Waals surface area contributed by atoms with Gasteiger partial charge in [0.15, 0.2) is 5.17 Å². The normalized spacial score (nSPS) is 21.4. The fraction of sp³-hybridized carbons (Fsp3) is 0.500. The van der Waals surface area contributed by atoms with Crippen molar-refractivity contribution in [2.75, 3.05) is 12.4 Å². The van der Waals surface area contributed by atoms with Crippen molar-refractivity contribution >= 4 is 40.1 Å². The van der Waals surface area contributed by atoms with E-state index in [2.05, 4.69) is 15.6 Å². The summed E-state index contributed by atoms with van der Waals surface area (Å²) in [6.45, 7) is 0. The van der Waals surface area contributed by atoms with Gasteiger partial charge in [0.25, 0.3) is 5.69 Å². The molecule has 1 aliphatic heterocycles. The van der Waals surface area contributed by atoms with Crippen molar-refractivity contribution in [1.82, 2.24) is 5.32 Å². The molecule has 1 aromatic rings. The molecule has 0 bridgehead atoms. The lowest BCUT2D eigenvalue weighted by molar-refractivity contribution is -0.384. The summed E-state index contributed by atoms with van der Waals surface area (Å²) in [6, 6.07) is 4.17. The van der Waals surface area contributed by atoms with Crippen molar-refractivity contribution in [2.24, 2.45) is 4.99 Å². The molecular weight excluding hydrogens is 384 g/mol. The van der Waals surface area contributed by atoms with Crippen LogP contribution in [-0.2, 0) is 9.59 Å². The summed E-state index contributed by atoms with van der Waals surface area (Å²) in [5.74, 6) is -0.422. The summed E-state index contributed by atoms with van der Waals surface area (Å²) >= 11 is 1.28. The number of thioether (sulfide) groups is 1. The zero-order valence-corrected chi connectivity index (χ0v) is 16.3. The lowest BCUT2D eigenvalue weighted by Gasteiger charge is -2.17. The number of methoxy groups -OCH3 is 1. The van der Waals surface area contributed by atoms with Crippen molar-refractivity contribution < 1.29 is 19.2 Å². The third-order valence-electron chi connectivity index (χ3n) is 4.69. The standard InChI is InChI=1S/C18H22N4O5S/c1-27-14-9-12(22(25)26)7-8-13(14)20-16(23)10-15-17(24)21-18(28-15)19-11-5-3-2-4-6-11/h7-9,11,15H,2-6,10H2,1H3,(H,20,23)(H,19,21,24). The number of aliphatic imine (C=N–C) groups is 1. The Morgan fingerprint density at radius 2 is 2.14 bits per heavy atom. The minimum atomic E-state index is -0.550. The fourth-order valence-corrected chi connectivity index (χ4v) is 4.28. The van der Waals surface area contributed by atoms with Gasteiger partial charge in [0.05, 0.1) is 29.8 Å². The first kappa shape index (κ1) is 20.1. The largest absolute Gasteiger partial charge is 0.494 e. The summed E-state index contributed by atoms with van der Waals surface area (Å²) < 4.78 is 5.11. The average Bonchev–Trinajstić information content (AvgIpc) is 3.01. The number of ether oxygens (including phenoxy) is 1. The molecule has 0 aromatic heterocycles. The molecule has 2 amide bonds. The topological polar surface area (TPSA) is 123 Å². The van der Waals surface area contributed by atoms with Crippen LogP contribution in [0.1, 0.15) is 38.5 Å². The van der Waals surface area contributed by atoms with Crippen LogP contribution in [0.5, 0.6) is 5.75 Å². The van der Waals surface area contributed by atoms with Gasteiger partial charge in [-0.2, -0.15) is 0 Å². The second kappa shape index (κ2) is 9.05. The van der Waals surface area contributed by atoms with Crippen LogP contribution >= 0.6 is 11.8 Å². The Morgan fingerprint density at radius 3 is 2.82 bits per heavy atom. The SMILES string of the molecule is COc1cc([N+](=O)[O-])ccc1NC(=O)CC1SC(=NC2CCCCC2)NC1=O. The first-order valence-electron chi connectivity index (χ1n) is 9.14. The Labute approximate surface area is 166 Å². The van der Waals surface area contributed by atoms with E-state index >= 15 is 0 Å². The lowest BCUT2D eigenvalue weighted by atomic mass is 9.96. The van der Waals surface area contributed by atoms with E-state index in [0.717, 1.165) is 25.7 Å². The summed E-state index contributed by atoms with van der Waals surface area (Å²) in [5.41, 5.74) is 0.182. The summed E-state index contributed by atoms with van der Waals surface area (Å²) in [4.78, 5) is 39.4. The van der Waals surface area contributed by atoms with Crippen molar-refractivity contribution in [2.45, 2.75) is 49.8 Å². The maximum Gasteiger partial charge on any atom is 0.273 e. The highest BCUT2D eigenvalue weighted by Crippen LogP contribution is 2.30. The summed E-state index contributed by atoms with van der Waals surface area (Å²) in [5, 5.41) is 16.3. The van der Waals surface area contributed by atoms with Gasteiger partial charge in [-0.1, -0.05) is 31.0 Å². The number of rotatable bonds is 6. The molecule has 3 rings (SSSR count). The van der Waals surface area contributed by atoms with E-state index in [1.54, 1.807) is 0 Å². The van der Waals surface area contributed by atoms with Gasteiger partial charge in [0, 0.05) is 12.5 Å². The third-order valence-corrected chi connectivity index (χ3v) is 5.79. The number of carbonyl (C=O) groups excluding carboxylic acids is 2. The first-order chi connectivity index (χ1) is 13.5. The van der Waals surface area contributed by atoms with Gasteiger partial charge in [-0.05, 0) is 18.9 Å². The number of nitrogens with one attached hydrogen (secondary N) is 2. The molecule has 150 valence electrons. The Bertz CT molecular complexity index is 807. The smallest absolute Gasteiger partial charge is 0.273 e. The molecule has 0 spiro atoms.